The number of rotatable bonds is 6. The second-order valence-electron chi connectivity index (χ2n) is 8.90. The van der Waals surface area contributed by atoms with Crippen molar-refractivity contribution in [3.63, 3.8) is 0 Å². The zero-order valence-corrected chi connectivity index (χ0v) is 22.5. The van der Waals surface area contributed by atoms with E-state index in [1.165, 1.54) is 0 Å². The van der Waals surface area contributed by atoms with Gasteiger partial charge in [-0.15, -0.1) is 0 Å². The normalized spacial score (nSPS) is 14.2. The Balaban J connectivity index is 1.74. The van der Waals surface area contributed by atoms with Crippen molar-refractivity contribution >= 4 is 40.4 Å². The van der Waals surface area contributed by atoms with Crippen LogP contribution in [0.15, 0.2) is 108 Å². The fraction of sp³-hybridized carbons (Fsp3) is 0.125. The van der Waals surface area contributed by atoms with Crippen molar-refractivity contribution in [1.29, 1.82) is 0 Å². The number of nitrogens with zero attached hydrogens (tertiary/aromatic N) is 3. The predicted molar refractivity (Wildman–Crippen MR) is 157 cm³/mol. The minimum Gasteiger partial charge on any atom is -0.309 e. The van der Waals surface area contributed by atoms with Crippen molar-refractivity contribution in [2.45, 2.75) is 27.7 Å². The highest BCUT2D eigenvalue weighted by atomic mass is 31.2. The van der Waals surface area contributed by atoms with Crippen molar-refractivity contribution < 1.29 is 4.57 Å². The third-order valence-corrected chi connectivity index (χ3v) is 9.80. The smallest absolute Gasteiger partial charge is 0.170 e. The van der Waals surface area contributed by atoms with Gasteiger partial charge in [-0.05, 0) is 45.9 Å². The minimum atomic E-state index is -3.04. The van der Waals surface area contributed by atoms with E-state index in [0.717, 1.165) is 55.2 Å². The lowest BCUT2D eigenvalue weighted by Crippen LogP contribution is -2.17. The predicted octanol–water partition coefficient (Wildman–Crippen LogP) is 7.68. The van der Waals surface area contributed by atoms with Gasteiger partial charge in [0.15, 0.2) is 7.14 Å². The maximum Gasteiger partial charge on any atom is 0.170 e. The van der Waals surface area contributed by atoms with Crippen molar-refractivity contribution in [2.75, 3.05) is 0 Å². The second kappa shape index (κ2) is 10.2. The number of aryl methyl sites for hydroxylation is 1. The summed E-state index contributed by atoms with van der Waals surface area (Å²) in [5.41, 5.74) is 4.68. The van der Waals surface area contributed by atoms with E-state index in [1.807, 2.05) is 125 Å². The largest absolute Gasteiger partial charge is 0.309 e. The third kappa shape index (κ3) is 4.18. The molecule has 0 N–H and O–H groups in total. The monoisotopic (exact) mass is 503 g/mol. The molecule has 2 aromatic heterocycles. The van der Waals surface area contributed by atoms with Crippen LogP contribution in [0, 0.1) is 6.92 Å². The molecule has 1 atom stereocenters. The standard InChI is InChI=1S/C32H30N3OP/c1-5-13-25(7-3)37(36,26-15-9-8-10-16-26)27-21-19-24(20-22-27)31-34-29-18-12-11-17-28(29)32-33-23(4)30(14-6-2)35(31)32/h5-22H,1-4H3/b13-5-,14-6-,25-7+. The molecular weight excluding hydrogens is 473 g/mol. The number of hydrogen-bond donors (Lipinski definition) is 0. The molecule has 0 fully saturated rings. The molecule has 3 aromatic carbocycles. The molecule has 0 spiro atoms. The van der Waals surface area contributed by atoms with E-state index in [9.17, 15) is 4.57 Å². The van der Waals surface area contributed by atoms with E-state index in [1.54, 1.807) is 0 Å². The van der Waals surface area contributed by atoms with Gasteiger partial charge in [-0.1, -0.05) is 91.0 Å². The maximum atomic E-state index is 14.8. The van der Waals surface area contributed by atoms with E-state index in [0.29, 0.717) is 0 Å². The zero-order chi connectivity index (χ0) is 26.0. The molecule has 0 saturated heterocycles. The summed E-state index contributed by atoms with van der Waals surface area (Å²) in [5.74, 6) is 0.809. The van der Waals surface area contributed by atoms with Crippen LogP contribution in [0.1, 0.15) is 32.2 Å². The number of imidazole rings is 1. The Morgan fingerprint density at radius 3 is 2.16 bits per heavy atom. The Bertz CT molecular complexity index is 1730. The first-order chi connectivity index (χ1) is 18.0. The summed E-state index contributed by atoms with van der Waals surface area (Å²) in [6, 6.07) is 25.9. The lowest BCUT2D eigenvalue weighted by atomic mass is 10.1. The maximum absolute atomic E-state index is 14.8. The number of fused-ring (bicyclic) bond motifs is 3. The molecule has 0 aliphatic rings. The van der Waals surface area contributed by atoms with Crippen LogP contribution in [0.2, 0.25) is 0 Å². The van der Waals surface area contributed by atoms with Gasteiger partial charge in [0.1, 0.15) is 11.5 Å². The average Bonchev–Trinajstić information content (AvgIpc) is 3.27. The molecule has 0 bridgehead atoms. The van der Waals surface area contributed by atoms with Crippen LogP contribution >= 0.6 is 7.14 Å². The van der Waals surface area contributed by atoms with Crippen LogP contribution in [0.25, 0.3) is 34.0 Å². The van der Waals surface area contributed by atoms with E-state index in [2.05, 4.69) is 16.5 Å². The summed E-state index contributed by atoms with van der Waals surface area (Å²) in [7, 11) is -3.04. The van der Waals surface area contributed by atoms with E-state index >= 15 is 0 Å². The highest BCUT2D eigenvalue weighted by molar-refractivity contribution is 7.82. The van der Waals surface area contributed by atoms with E-state index in [4.69, 9.17) is 9.97 Å². The Hall–Kier alpha value is -4.01. The molecule has 0 aliphatic heterocycles. The van der Waals surface area contributed by atoms with Crippen molar-refractivity contribution in [1.82, 2.24) is 14.4 Å². The topological polar surface area (TPSA) is 47.3 Å². The summed E-state index contributed by atoms with van der Waals surface area (Å²) in [4.78, 5) is 9.97. The Labute approximate surface area is 218 Å². The van der Waals surface area contributed by atoms with Crippen LogP contribution in [-0.2, 0) is 4.57 Å². The van der Waals surface area contributed by atoms with E-state index < -0.39 is 7.14 Å². The quantitative estimate of drug-likeness (QED) is 0.176. The van der Waals surface area contributed by atoms with Crippen LogP contribution in [0.4, 0.5) is 0 Å². The van der Waals surface area contributed by atoms with Crippen LogP contribution in [0.5, 0.6) is 0 Å². The number of allylic oxidation sites excluding steroid dienone is 5. The van der Waals surface area contributed by atoms with Crippen LogP contribution in [0.3, 0.4) is 0 Å². The zero-order valence-electron chi connectivity index (χ0n) is 21.6. The first kappa shape index (κ1) is 24.7. The molecule has 0 radical (unpaired) electrons. The number of para-hydroxylation sites is 1. The van der Waals surface area contributed by atoms with Gasteiger partial charge in [0.2, 0.25) is 0 Å². The van der Waals surface area contributed by atoms with Gasteiger partial charge in [0, 0.05) is 26.9 Å². The molecule has 4 nitrogen and oxygen atoms in total. The molecule has 5 rings (SSSR count). The number of benzene rings is 3. The Kier molecular flexibility index (Phi) is 6.78. The minimum absolute atomic E-state index is 0.793. The second-order valence-corrected chi connectivity index (χ2v) is 11.7. The van der Waals surface area contributed by atoms with Gasteiger partial charge in [-0.2, -0.15) is 0 Å². The lowest BCUT2D eigenvalue weighted by Gasteiger charge is -2.21. The molecule has 0 amide bonds. The fourth-order valence-corrected chi connectivity index (χ4v) is 7.65. The Morgan fingerprint density at radius 1 is 0.811 bits per heavy atom. The fourth-order valence-electron chi connectivity index (χ4n) is 4.87. The molecular formula is C32H30N3OP. The summed E-state index contributed by atoms with van der Waals surface area (Å²) < 4.78 is 16.9. The molecule has 184 valence electrons. The van der Waals surface area contributed by atoms with Crippen molar-refractivity contribution in [2.24, 2.45) is 0 Å². The molecule has 37 heavy (non-hydrogen) atoms. The van der Waals surface area contributed by atoms with Gasteiger partial charge >= 0.3 is 0 Å². The van der Waals surface area contributed by atoms with Crippen molar-refractivity contribution in [3.8, 4) is 11.4 Å². The molecule has 0 aliphatic carbocycles. The average molecular weight is 504 g/mol. The van der Waals surface area contributed by atoms with E-state index in [-0.39, 0.29) is 0 Å². The summed E-state index contributed by atoms with van der Waals surface area (Å²) in [6.07, 6.45) is 9.94. The number of aromatic nitrogens is 3. The first-order valence-electron chi connectivity index (χ1n) is 12.5. The molecule has 5 heteroatoms. The SMILES string of the molecule is C/C=C\C(=C/C)P(=O)(c1ccccc1)c1ccc(-c2nc3ccccc3c3nc(C)c(/C=C\C)n23)cc1. The first-order valence-corrected chi connectivity index (χ1v) is 14.2. The van der Waals surface area contributed by atoms with Crippen molar-refractivity contribution in [3.05, 3.63) is 120 Å². The molecule has 2 heterocycles. The van der Waals surface area contributed by atoms with Gasteiger partial charge in [0.25, 0.3) is 0 Å². The highest BCUT2D eigenvalue weighted by Gasteiger charge is 2.30. The van der Waals surface area contributed by atoms with Gasteiger partial charge in [0.05, 0.1) is 16.9 Å². The van der Waals surface area contributed by atoms with Crippen LogP contribution in [-0.4, -0.2) is 14.4 Å². The summed E-state index contributed by atoms with van der Waals surface area (Å²) in [6.45, 7) is 7.93. The number of hydrogen-bond acceptors (Lipinski definition) is 3. The van der Waals surface area contributed by atoms with Gasteiger partial charge < -0.3 is 4.57 Å². The molecule has 0 saturated carbocycles. The highest BCUT2D eigenvalue weighted by Crippen LogP contribution is 2.52. The molecule has 5 aromatic rings. The van der Waals surface area contributed by atoms with Crippen LogP contribution < -0.4 is 10.6 Å². The Morgan fingerprint density at radius 2 is 1.49 bits per heavy atom. The lowest BCUT2D eigenvalue weighted by molar-refractivity contribution is 0.591. The third-order valence-electron chi connectivity index (χ3n) is 6.61. The summed E-state index contributed by atoms with van der Waals surface area (Å²) >= 11 is 0. The summed E-state index contributed by atoms with van der Waals surface area (Å²) in [5, 5.41) is 3.45. The van der Waals surface area contributed by atoms with Gasteiger partial charge in [-0.3, -0.25) is 4.40 Å². The van der Waals surface area contributed by atoms with Gasteiger partial charge in [-0.25, -0.2) is 9.97 Å². The molecule has 1 unspecified atom stereocenters.